The summed E-state index contributed by atoms with van der Waals surface area (Å²) < 4.78 is 0. The molecule has 1 aromatic rings. The summed E-state index contributed by atoms with van der Waals surface area (Å²) in [6.45, 7) is 4.81. The van der Waals surface area contributed by atoms with E-state index in [4.69, 9.17) is 5.11 Å². The fourth-order valence-electron chi connectivity index (χ4n) is 1.83. The van der Waals surface area contributed by atoms with Crippen molar-refractivity contribution in [2.45, 2.75) is 19.9 Å². The number of hydrogen-bond acceptors (Lipinski definition) is 4. The van der Waals surface area contributed by atoms with Crippen molar-refractivity contribution >= 4 is 0 Å². The smallest absolute Gasteiger partial charge is 0.0689 e. The van der Waals surface area contributed by atoms with Gasteiger partial charge in [-0.1, -0.05) is 0 Å². The van der Waals surface area contributed by atoms with Crippen molar-refractivity contribution in [1.29, 1.82) is 0 Å². The molecule has 0 aromatic carbocycles. The molecule has 0 saturated carbocycles. The molecule has 0 atom stereocenters. The Bertz CT molecular complexity index is 327. The van der Waals surface area contributed by atoms with Crippen molar-refractivity contribution in [3.8, 4) is 0 Å². The van der Waals surface area contributed by atoms with Gasteiger partial charge in [0.1, 0.15) is 0 Å². The molecule has 0 fully saturated rings. The summed E-state index contributed by atoms with van der Waals surface area (Å²) in [6.07, 6.45) is 0.947. The molecule has 0 aliphatic carbocycles. The van der Waals surface area contributed by atoms with Crippen molar-refractivity contribution in [2.75, 3.05) is 19.7 Å². The van der Waals surface area contributed by atoms with Crippen LogP contribution in [0.5, 0.6) is 0 Å². The number of fused-ring (bicyclic) bond motifs is 1. The minimum atomic E-state index is 0.229. The molecule has 4 heteroatoms. The van der Waals surface area contributed by atoms with Crippen molar-refractivity contribution in [1.82, 2.24) is 15.1 Å². The first-order valence-electron chi connectivity index (χ1n) is 4.95. The van der Waals surface area contributed by atoms with E-state index < -0.39 is 0 Å². The monoisotopic (exact) mass is 193 g/mol. The summed E-state index contributed by atoms with van der Waals surface area (Å²) in [7, 11) is 0. The predicted molar refractivity (Wildman–Crippen MR) is 52.8 cm³/mol. The van der Waals surface area contributed by atoms with Gasteiger partial charge in [0, 0.05) is 26.1 Å². The van der Waals surface area contributed by atoms with Crippen molar-refractivity contribution in [3.05, 3.63) is 23.0 Å². The van der Waals surface area contributed by atoms with Gasteiger partial charge in [-0.15, -0.1) is 0 Å². The number of aryl methyl sites for hydroxylation is 1. The Morgan fingerprint density at radius 1 is 1.50 bits per heavy atom. The number of aliphatic hydroxyl groups excluding tert-OH is 1. The lowest BCUT2D eigenvalue weighted by molar-refractivity contribution is 0.183. The molecule has 0 bridgehead atoms. The quantitative estimate of drug-likeness (QED) is 0.725. The Labute approximate surface area is 83.6 Å². The van der Waals surface area contributed by atoms with Gasteiger partial charge in [0.15, 0.2) is 0 Å². The molecule has 1 aromatic heterocycles. The van der Waals surface area contributed by atoms with E-state index in [1.165, 1.54) is 5.56 Å². The molecular weight excluding hydrogens is 178 g/mol. The standard InChI is InChI=1S/C10H15N3O/c1-8-6-9-7-13(4-5-14)3-2-10(9)12-11-8/h6,14H,2-5,7H2,1H3. The fourth-order valence-corrected chi connectivity index (χ4v) is 1.83. The van der Waals surface area contributed by atoms with Crippen molar-refractivity contribution in [3.63, 3.8) is 0 Å². The topological polar surface area (TPSA) is 49.2 Å². The second kappa shape index (κ2) is 4.02. The first-order valence-corrected chi connectivity index (χ1v) is 4.95. The Balaban J connectivity index is 2.16. The highest BCUT2D eigenvalue weighted by atomic mass is 16.3. The number of aromatic nitrogens is 2. The average Bonchev–Trinajstić information content (AvgIpc) is 2.17. The highest BCUT2D eigenvalue weighted by molar-refractivity contribution is 5.23. The van der Waals surface area contributed by atoms with Crippen LogP contribution in [0.25, 0.3) is 0 Å². The molecule has 76 valence electrons. The second-order valence-electron chi connectivity index (χ2n) is 3.71. The third-order valence-electron chi connectivity index (χ3n) is 2.56. The van der Waals surface area contributed by atoms with E-state index in [1.54, 1.807) is 0 Å². The molecule has 2 rings (SSSR count). The normalized spacial score (nSPS) is 16.7. The average molecular weight is 193 g/mol. The summed E-state index contributed by atoms with van der Waals surface area (Å²) >= 11 is 0. The van der Waals surface area contributed by atoms with Gasteiger partial charge in [0.25, 0.3) is 0 Å². The van der Waals surface area contributed by atoms with Crippen molar-refractivity contribution < 1.29 is 5.11 Å². The molecule has 0 radical (unpaired) electrons. The lowest BCUT2D eigenvalue weighted by Gasteiger charge is -2.26. The first-order chi connectivity index (χ1) is 6.79. The SMILES string of the molecule is Cc1cc2c(nn1)CCN(CCO)C2. The van der Waals surface area contributed by atoms with Crippen LogP contribution in [0.3, 0.4) is 0 Å². The van der Waals surface area contributed by atoms with Crippen LogP contribution in [0.15, 0.2) is 6.07 Å². The maximum Gasteiger partial charge on any atom is 0.0689 e. The second-order valence-corrected chi connectivity index (χ2v) is 3.71. The molecule has 0 amide bonds. The molecule has 0 spiro atoms. The molecule has 0 unspecified atom stereocenters. The Morgan fingerprint density at radius 2 is 2.36 bits per heavy atom. The van der Waals surface area contributed by atoms with Crippen LogP contribution in [0.2, 0.25) is 0 Å². The van der Waals surface area contributed by atoms with E-state index in [9.17, 15) is 0 Å². The van der Waals surface area contributed by atoms with Gasteiger partial charge in [-0.3, -0.25) is 4.90 Å². The number of nitrogens with zero attached hydrogens (tertiary/aromatic N) is 3. The van der Waals surface area contributed by atoms with E-state index in [-0.39, 0.29) is 6.61 Å². The summed E-state index contributed by atoms with van der Waals surface area (Å²) in [5.41, 5.74) is 3.34. The molecule has 1 aliphatic rings. The number of β-amino-alcohol motifs (C(OH)–C–C–N with tert-alkyl or cyclic N) is 1. The molecule has 4 nitrogen and oxygen atoms in total. The van der Waals surface area contributed by atoms with Crippen LogP contribution in [0.1, 0.15) is 17.0 Å². The van der Waals surface area contributed by atoms with Crippen LogP contribution in [0.4, 0.5) is 0 Å². The van der Waals surface area contributed by atoms with Gasteiger partial charge in [-0.2, -0.15) is 10.2 Å². The van der Waals surface area contributed by atoms with Crippen LogP contribution in [-0.2, 0) is 13.0 Å². The Hall–Kier alpha value is -1.00. The molecule has 1 aliphatic heterocycles. The van der Waals surface area contributed by atoms with Gasteiger partial charge in [0.2, 0.25) is 0 Å². The molecular formula is C10H15N3O. The zero-order chi connectivity index (χ0) is 9.97. The highest BCUT2D eigenvalue weighted by Gasteiger charge is 2.16. The Morgan fingerprint density at radius 3 is 3.14 bits per heavy atom. The fraction of sp³-hybridized carbons (Fsp3) is 0.600. The summed E-state index contributed by atoms with van der Waals surface area (Å²) in [6, 6.07) is 2.09. The van der Waals surface area contributed by atoms with Crippen LogP contribution in [-0.4, -0.2) is 39.9 Å². The minimum Gasteiger partial charge on any atom is -0.395 e. The van der Waals surface area contributed by atoms with E-state index in [0.29, 0.717) is 0 Å². The first kappa shape index (κ1) is 9.55. The molecule has 1 N–H and O–H groups in total. The molecule has 0 saturated heterocycles. The van der Waals surface area contributed by atoms with Crippen LogP contribution >= 0.6 is 0 Å². The van der Waals surface area contributed by atoms with Gasteiger partial charge >= 0.3 is 0 Å². The zero-order valence-corrected chi connectivity index (χ0v) is 8.40. The Kier molecular flexibility index (Phi) is 2.74. The maximum atomic E-state index is 8.85. The number of aliphatic hydroxyl groups is 1. The minimum absolute atomic E-state index is 0.229. The number of rotatable bonds is 2. The van der Waals surface area contributed by atoms with E-state index in [2.05, 4.69) is 21.2 Å². The summed E-state index contributed by atoms with van der Waals surface area (Å²) in [4.78, 5) is 2.24. The van der Waals surface area contributed by atoms with Gasteiger partial charge in [-0.05, 0) is 18.6 Å². The molecule has 14 heavy (non-hydrogen) atoms. The number of hydrogen-bond donors (Lipinski definition) is 1. The van der Waals surface area contributed by atoms with E-state index in [1.807, 2.05) is 6.92 Å². The third kappa shape index (κ3) is 1.91. The van der Waals surface area contributed by atoms with Gasteiger partial charge in [0.05, 0.1) is 18.0 Å². The van der Waals surface area contributed by atoms with Gasteiger partial charge in [-0.25, -0.2) is 0 Å². The van der Waals surface area contributed by atoms with Crippen molar-refractivity contribution in [2.24, 2.45) is 0 Å². The van der Waals surface area contributed by atoms with Gasteiger partial charge < -0.3 is 5.11 Å². The summed E-state index contributed by atoms with van der Waals surface area (Å²) in [5.74, 6) is 0. The van der Waals surface area contributed by atoms with E-state index >= 15 is 0 Å². The lowest BCUT2D eigenvalue weighted by Crippen LogP contribution is -2.33. The maximum absolute atomic E-state index is 8.85. The predicted octanol–water partition coefficient (Wildman–Crippen LogP) is 0.135. The van der Waals surface area contributed by atoms with E-state index in [0.717, 1.165) is 37.4 Å². The van der Waals surface area contributed by atoms with Crippen LogP contribution in [0, 0.1) is 6.92 Å². The third-order valence-corrected chi connectivity index (χ3v) is 2.56. The highest BCUT2D eigenvalue weighted by Crippen LogP contribution is 2.16. The zero-order valence-electron chi connectivity index (χ0n) is 8.40. The largest absolute Gasteiger partial charge is 0.395 e. The lowest BCUT2D eigenvalue weighted by atomic mass is 10.1. The molecule has 2 heterocycles. The summed E-state index contributed by atoms with van der Waals surface area (Å²) in [5, 5.41) is 17.1. The van der Waals surface area contributed by atoms with Crippen LogP contribution < -0.4 is 0 Å².